The molecule has 192 valence electrons. The summed E-state index contributed by atoms with van der Waals surface area (Å²) in [5.74, 6) is 0.768. The lowest BCUT2D eigenvalue weighted by Gasteiger charge is -2.38. The van der Waals surface area contributed by atoms with Crippen LogP contribution in [-0.4, -0.2) is 50.4 Å². The lowest BCUT2D eigenvalue weighted by molar-refractivity contribution is 0.00895. The third-order valence-corrected chi connectivity index (χ3v) is 7.24. The van der Waals surface area contributed by atoms with Crippen LogP contribution in [-0.2, 0) is 11.3 Å². The average Bonchev–Trinajstić information content (AvgIpc) is 3.20. The lowest BCUT2D eigenvalue weighted by Crippen LogP contribution is -2.51. The van der Waals surface area contributed by atoms with Crippen molar-refractivity contribution in [2.75, 3.05) is 28.3 Å². The number of rotatable bonds is 6. The van der Waals surface area contributed by atoms with E-state index in [-0.39, 0.29) is 34.6 Å². The van der Waals surface area contributed by atoms with Crippen LogP contribution in [0, 0.1) is 5.92 Å². The molecule has 0 unspecified atom stereocenters. The molecule has 3 aromatic carbocycles. The number of methoxy groups -OCH3 is 2. The summed E-state index contributed by atoms with van der Waals surface area (Å²) >= 11 is 6.63. The van der Waals surface area contributed by atoms with Crippen LogP contribution in [0.25, 0.3) is 10.8 Å². The number of benzene rings is 3. The Morgan fingerprint density at radius 1 is 1.11 bits per heavy atom. The predicted molar refractivity (Wildman–Crippen MR) is 144 cm³/mol. The zero-order valence-corrected chi connectivity index (χ0v) is 22.3. The van der Waals surface area contributed by atoms with Crippen molar-refractivity contribution in [2.45, 2.75) is 25.6 Å². The Bertz CT molecular complexity index is 1440. The van der Waals surface area contributed by atoms with Gasteiger partial charge < -0.3 is 24.0 Å². The van der Waals surface area contributed by atoms with Crippen LogP contribution < -0.4 is 14.2 Å². The number of carbonyl (C=O) groups is 1. The molecule has 2 aliphatic rings. The summed E-state index contributed by atoms with van der Waals surface area (Å²) in [4.78, 5) is 14.2. The van der Waals surface area contributed by atoms with E-state index in [1.54, 1.807) is 11.1 Å². The van der Waals surface area contributed by atoms with E-state index < -0.39 is 5.60 Å². The first-order valence-corrected chi connectivity index (χ1v) is 12.4. The number of Topliss-reactive ketones (excluding diaryl/α,β-unsaturated/α-hetero) is 1. The van der Waals surface area contributed by atoms with Crippen LogP contribution in [0.5, 0.6) is 17.2 Å². The monoisotopic (exact) mass is 520 g/mol. The minimum absolute atomic E-state index is 0.219. The molecule has 0 saturated carbocycles. The third-order valence-electron chi connectivity index (χ3n) is 6.88. The molecule has 1 aliphatic carbocycles. The number of halogens is 1. The molecule has 8 heteroatoms. The van der Waals surface area contributed by atoms with Gasteiger partial charge in [-0.15, -0.1) is 0 Å². The van der Waals surface area contributed by atoms with Crippen LogP contribution in [0.2, 0.25) is 5.02 Å². The van der Waals surface area contributed by atoms with E-state index in [9.17, 15) is 4.79 Å². The molecule has 0 radical (unpaired) electrons. The number of fused-ring (bicyclic) bond motifs is 2. The molecule has 2 atom stereocenters. The zero-order chi connectivity index (χ0) is 26.3. The largest absolute Gasteiger partial charge is 0.496 e. The van der Waals surface area contributed by atoms with Crippen molar-refractivity contribution in [1.82, 2.24) is 5.01 Å². The van der Waals surface area contributed by atoms with E-state index in [4.69, 9.17) is 30.5 Å². The van der Waals surface area contributed by atoms with Gasteiger partial charge in [-0.2, -0.15) is 5.10 Å². The van der Waals surface area contributed by atoms with Gasteiger partial charge in [0.15, 0.2) is 11.5 Å². The SMILES string of the molecule is COc1cc(OC)c2c(c1Cl)O[C@]1(C2=O)C(OCc2cccc3ccccc23)=C/C(=N/N(C)C)C[C@H]1C. The molecule has 1 spiro atoms. The van der Waals surface area contributed by atoms with E-state index in [0.717, 1.165) is 22.0 Å². The Labute approximate surface area is 221 Å². The quantitative estimate of drug-likeness (QED) is 0.378. The van der Waals surface area contributed by atoms with Crippen molar-refractivity contribution in [3.8, 4) is 17.2 Å². The van der Waals surface area contributed by atoms with Gasteiger partial charge in [0.05, 0.1) is 19.9 Å². The average molecular weight is 521 g/mol. The molecular formula is C29H29ClN2O5. The van der Waals surface area contributed by atoms with Crippen LogP contribution >= 0.6 is 11.6 Å². The van der Waals surface area contributed by atoms with Crippen LogP contribution in [0.4, 0.5) is 0 Å². The molecular weight excluding hydrogens is 492 g/mol. The van der Waals surface area contributed by atoms with Crippen LogP contribution in [0.15, 0.2) is 65.5 Å². The molecule has 0 bridgehead atoms. The van der Waals surface area contributed by atoms with Gasteiger partial charge in [-0.25, -0.2) is 0 Å². The molecule has 0 fully saturated rings. The van der Waals surface area contributed by atoms with Crippen molar-refractivity contribution in [1.29, 1.82) is 0 Å². The van der Waals surface area contributed by atoms with Gasteiger partial charge in [0.1, 0.15) is 28.7 Å². The van der Waals surface area contributed by atoms with Crippen molar-refractivity contribution < 1.29 is 23.7 Å². The molecule has 0 amide bonds. The highest BCUT2D eigenvalue weighted by atomic mass is 35.5. The highest BCUT2D eigenvalue weighted by Crippen LogP contribution is 2.54. The normalized spacial score (nSPS) is 21.6. The fraction of sp³-hybridized carbons (Fsp3) is 0.310. The summed E-state index contributed by atoms with van der Waals surface area (Å²) < 4.78 is 23.9. The standard InChI is InChI=1S/C29H29ClN2O5/c1-17-13-20(31-32(2)3)14-24(36-16-19-11-8-10-18-9-6-7-12-21(18)19)29(17)28(33)25-22(34-4)15-23(35-5)26(30)27(25)37-29/h6-12,14-15,17H,13,16H2,1-5H3/b31-20+/t17-,29+/m1/s1. The molecule has 0 N–H and O–H groups in total. The fourth-order valence-electron chi connectivity index (χ4n) is 5.16. The topological polar surface area (TPSA) is 69.6 Å². The number of hydrazone groups is 1. The van der Waals surface area contributed by atoms with Crippen molar-refractivity contribution in [2.24, 2.45) is 11.0 Å². The maximum Gasteiger partial charge on any atom is 0.231 e. The molecule has 5 rings (SSSR count). The minimum atomic E-state index is -1.42. The molecule has 1 heterocycles. The molecule has 1 aliphatic heterocycles. The second kappa shape index (κ2) is 9.63. The van der Waals surface area contributed by atoms with Crippen molar-refractivity contribution in [3.05, 3.63) is 76.5 Å². The second-order valence-electron chi connectivity index (χ2n) is 9.45. The van der Waals surface area contributed by atoms with Crippen molar-refractivity contribution >= 4 is 33.9 Å². The van der Waals surface area contributed by atoms with Crippen molar-refractivity contribution in [3.63, 3.8) is 0 Å². The van der Waals surface area contributed by atoms with Crippen LogP contribution in [0.3, 0.4) is 0 Å². The number of allylic oxidation sites excluding steroid dienone is 1. The Morgan fingerprint density at radius 3 is 2.57 bits per heavy atom. The fourth-order valence-corrected chi connectivity index (χ4v) is 5.42. The van der Waals surface area contributed by atoms with E-state index in [0.29, 0.717) is 23.7 Å². The number of hydrogen-bond donors (Lipinski definition) is 0. The van der Waals surface area contributed by atoms with E-state index in [1.165, 1.54) is 14.2 Å². The van der Waals surface area contributed by atoms with Gasteiger partial charge in [-0.05, 0) is 22.8 Å². The number of ketones is 1. The smallest absolute Gasteiger partial charge is 0.231 e. The highest BCUT2D eigenvalue weighted by Gasteiger charge is 2.59. The predicted octanol–water partition coefficient (Wildman–Crippen LogP) is 5.88. The maximum atomic E-state index is 14.2. The van der Waals surface area contributed by atoms with Gasteiger partial charge in [-0.1, -0.05) is 61.0 Å². The van der Waals surface area contributed by atoms with Gasteiger partial charge >= 0.3 is 0 Å². The first-order valence-electron chi connectivity index (χ1n) is 12.0. The van der Waals surface area contributed by atoms with Gasteiger partial charge in [-0.3, -0.25) is 4.79 Å². The number of carbonyl (C=O) groups excluding carboxylic acids is 1. The molecule has 0 aromatic heterocycles. The molecule has 0 saturated heterocycles. The first-order chi connectivity index (χ1) is 17.8. The zero-order valence-electron chi connectivity index (χ0n) is 21.5. The summed E-state index contributed by atoms with van der Waals surface area (Å²) in [7, 11) is 6.72. The van der Waals surface area contributed by atoms with E-state index in [2.05, 4.69) is 23.3 Å². The summed E-state index contributed by atoms with van der Waals surface area (Å²) in [6.45, 7) is 2.21. The van der Waals surface area contributed by atoms with Gasteiger partial charge in [0.25, 0.3) is 0 Å². The lowest BCUT2D eigenvalue weighted by atomic mass is 9.75. The van der Waals surface area contributed by atoms with E-state index >= 15 is 0 Å². The summed E-state index contributed by atoms with van der Waals surface area (Å²) in [6, 6.07) is 15.8. The van der Waals surface area contributed by atoms with E-state index in [1.807, 2.05) is 51.4 Å². The first kappa shape index (κ1) is 25.0. The Morgan fingerprint density at radius 2 is 1.84 bits per heavy atom. The number of nitrogens with zero attached hydrogens (tertiary/aromatic N) is 2. The van der Waals surface area contributed by atoms with Gasteiger partial charge in [0, 0.05) is 32.2 Å². The second-order valence-corrected chi connectivity index (χ2v) is 9.82. The minimum Gasteiger partial charge on any atom is -0.496 e. The molecule has 37 heavy (non-hydrogen) atoms. The Kier molecular flexibility index (Phi) is 6.50. The summed E-state index contributed by atoms with van der Waals surface area (Å²) in [5, 5.41) is 8.76. The summed E-state index contributed by atoms with van der Waals surface area (Å²) in [6.07, 6.45) is 2.32. The summed E-state index contributed by atoms with van der Waals surface area (Å²) in [5.41, 5.74) is 0.659. The van der Waals surface area contributed by atoms with Gasteiger partial charge in [0.2, 0.25) is 11.4 Å². The molecule has 7 nitrogen and oxygen atoms in total. The number of hydrogen-bond acceptors (Lipinski definition) is 7. The highest BCUT2D eigenvalue weighted by molar-refractivity contribution is 6.35. The van der Waals surface area contributed by atoms with Crippen LogP contribution in [0.1, 0.15) is 29.3 Å². The number of ether oxygens (including phenoxy) is 4. The third kappa shape index (κ3) is 4.07. The maximum absolute atomic E-state index is 14.2. The molecule has 3 aromatic rings. The Balaban J connectivity index is 1.62. The Hall–Kier alpha value is -3.71.